The van der Waals surface area contributed by atoms with Crippen LogP contribution in [0.2, 0.25) is 0 Å². The zero-order valence-electron chi connectivity index (χ0n) is 15.8. The number of nitrogens with one attached hydrogen (secondary N) is 2. The van der Waals surface area contributed by atoms with Gasteiger partial charge in [-0.05, 0) is 35.9 Å². The van der Waals surface area contributed by atoms with Gasteiger partial charge in [0.05, 0.1) is 6.42 Å². The molecule has 0 aliphatic carbocycles. The van der Waals surface area contributed by atoms with E-state index in [1.165, 1.54) is 19.1 Å². The van der Waals surface area contributed by atoms with E-state index < -0.39 is 5.82 Å². The van der Waals surface area contributed by atoms with Crippen LogP contribution in [0.15, 0.2) is 66.9 Å². The van der Waals surface area contributed by atoms with Gasteiger partial charge in [-0.2, -0.15) is 0 Å². The first-order valence-electron chi connectivity index (χ1n) is 9.00. The SMILES string of the molecule is CC(=O)Nc1ccc(CC(=O)NCc2cccnc2Oc2cccc(F)c2)cc1. The van der Waals surface area contributed by atoms with Crippen LogP contribution in [0.5, 0.6) is 11.6 Å². The molecule has 0 aliphatic rings. The van der Waals surface area contributed by atoms with Crippen molar-refractivity contribution in [2.24, 2.45) is 0 Å². The number of nitrogens with zero attached hydrogens (tertiary/aromatic N) is 1. The fraction of sp³-hybridized carbons (Fsp3) is 0.136. The number of benzene rings is 2. The second-order valence-electron chi connectivity index (χ2n) is 6.36. The highest BCUT2D eigenvalue weighted by molar-refractivity contribution is 5.88. The molecule has 2 N–H and O–H groups in total. The molecule has 3 rings (SSSR count). The molecular formula is C22H20FN3O3. The molecule has 3 aromatic rings. The average Bonchev–Trinajstić information content (AvgIpc) is 2.68. The number of pyridine rings is 1. The van der Waals surface area contributed by atoms with Gasteiger partial charge in [0, 0.05) is 37.0 Å². The monoisotopic (exact) mass is 393 g/mol. The van der Waals surface area contributed by atoms with E-state index in [1.807, 2.05) is 0 Å². The van der Waals surface area contributed by atoms with Gasteiger partial charge in [0.2, 0.25) is 17.7 Å². The summed E-state index contributed by atoms with van der Waals surface area (Å²) in [7, 11) is 0. The van der Waals surface area contributed by atoms with Crippen LogP contribution in [0.3, 0.4) is 0 Å². The maximum absolute atomic E-state index is 13.3. The van der Waals surface area contributed by atoms with Crippen molar-refractivity contribution < 1.29 is 18.7 Å². The van der Waals surface area contributed by atoms with Crippen LogP contribution in [0.1, 0.15) is 18.1 Å². The Kier molecular flexibility index (Phi) is 6.52. The molecule has 0 bridgehead atoms. The third-order valence-corrected chi connectivity index (χ3v) is 3.98. The van der Waals surface area contributed by atoms with E-state index in [4.69, 9.17) is 4.74 Å². The van der Waals surface area contributed by atoms with Crippen LogP contribution in [0.4, 0.5) is 10.1 Å². The molecule has 0 atom stereocenters. The first kappa shape index (κ1) is 20.0. The van der Waals surface area contributed by atoms with E-state index in [-0.39, 0.29) is 24.8 Å². The van der Waals surface area contributed by atoms with Crippen LogP contribution in [-0.2, 0) is 22.6 Å². The van der Waals surface area contributed by atoms with Crippen molar-refractivity contribution in [2.75, 3.05) is 5.32 Å². The topological polar surface area (TPSA) is 80.3 Å². The highest BCUT2D eigenvalue weighted by atomic mass is 19.1. The fourth-order valence-electron chi connectivity index (χ4n) is 2.64. The smallest absolute Gasteiger partial charge is 0.224 e. The molecule has 0 fully saturated rings. The zero-order chi connectivity index (χ0) is 20.6. The summed E-state index contributed by atoms with van der Waals surface area (Å²) in [6.45, 7) is 1.66. The molecule has 0 aliphatic heterocycles. The number of carbonyl (C=O) groups is 2. The minimum atomic E-state index is -0.405. The third kappa shape index (κ3) is 6.14. The molecule has 1 aromatic heterocycles. The van der Waals surface area contributed by atoms with Crippen molar-refractivity contribution in [1.82, 2.24) is 10.3 Å². The lowest BCUT2D eigenvalue weighted by molar-refractivity contribution is -0.120. The third-order valence-electron chi connectivity index (χ3n) is 3.98. The van der Waals surface area contributed by atoms with Gasteiger partial charge in [-0.25, -0.2) is 9.37 Å². The summed E-state index contributed by atoms with van der Waals surface area (Å²) in [4.78, 5) is 27.5. The molecule has 0 saturated carbocycles. The van der Waals surface area contributed by atoms with Crippen LogP contribution < -0.4 is 15.4 Å². The Morgan fingerprint density at radius 1 is 1.07 bits per heavy atom. The van der Waals surface area contributed by atoms with Crippen molar-refractivity contribution in [3.05, 3.63) is 83.8 Å². The predicted octanol–water partition coefficient (Wildman–Crippen LogP) is 3.83. The Balaban J connectivity index is 1.58. The summed E-state index contributed by atoms with van der Waals surface area (Å²) in [6.07, 6.45) is 1.76. The normalized spacial score (nSPS) is 10.3. The highest BCUT2D eigenvalue weighted by Crippen LogP contribution is 2.23. The molecule has 1 heterocycles. The Morgan fingerprint density at radius 3 is 2.59 bits per heavy atom. The fourth-order valence-corrected chi connectivity index (χ4v) is 2.64. The van der Waals surface area contributed by atoms with Gasteiger partial charge >= 0.3 is 0 Å². The van der Waals surface area contributed by atoms with Crippen LogP contribution in [0.25, 0.3) is 0 Å². The van der Waals surface area contributed by atoms with E-state index in [0.717, 1.165) is 5.56 Å². The van der Waals surface area contributed by atoms with Crippen LogP contribution in [-0.4, -0.2) is 16.8 Å². The van der Waals surface area contributed by atoms with E-state index in [9.17, 15) is 14.0 Å². The molecule has 7 heteroatoms. The molecule has 0 saturated heterocycles. The predicted molar refractivity (Wildman–Crippen MR) is 107 cm³/mol. The average molecular weight is 393 g/mol. The highest BCUT2D eigenvalue weighted by Gasteiger charge is 2.09. The number of hydrogen-bond acceptors (Lipinski definition) is 4. The minimum absolute atomic E-state index is 0.150. The lowest BCUT2D eigenvalue weighted by atomic mass is 10.1. The van der Waals surface area contributed by atoms with Gasteiger partial charge in [0.15, 0.2) is 0 Å². The molecule has 0 radical (unpaired) electrons. The standard InChI is InChI=1S/C22H20FN3O3/c1-15(27)26-19-9-7-16(8-10-19)12-21(28)25-14-17-4-3-11-24-22(17)29-20-6-2-5-18(23)13-20/h2-11,13H,12,14H2,1H3,(H,25,28)(H,26,27). The van der Waals surface area contributed by atoms with Crippen molar-refractivity contribution in [3.8, 4) is 11.6 Å². The van der Waals surface area contributed by atoms with Crippen LogP contribution in [0, 0.1) is 5.82 Å². The summed E-state index contributed by atoms with van der Waals surface area (Å²) in [5, 5.41) is 5.51. The number of carbonyl (C=O) groups excluding carboxylic acids is 2. The molecular weight excluding hydrogens is 373 g/mol. The Morgan fingerprint density at radius 2 is 1.86 bits per heavy atom. The Bertz CT molecular complexity index is 1010. The zero-order valence-corrected chi connectivity index (χ0v) is 15.8. The summed E-state index contributed by atoms with van der Waals surface area (Å²) in [6, 6.07) is 16.4. The van der Waals surface area contributed by atoms with Gasteiger partial charge in [-0.15, -0.1) is 0 Å². The van der Waals surface area contributed by atoms with Crippen LogP contribution >= 0.6 is 0 Å². The number of aromatic nitrogens is 1. The molecule has 0 spiro atoms. The largest absolute Gasteiger partial charge is 0.439 e. The Hall–Kier alpha value is -3.74. The maximum atomic E-state index is 13.3. The first-order chi connectivity index (χ1) is 14.0. The number of halogens is 1. The van der Waals surface area contributed by atoms with Gasteiger partial charge in [-0.1, -0.05) is 24.3 Å². The van der Waals surface area contributed by atoms with Gasteiger partial charge < -0.3 is 15.4 Å². The first-order valence-corrected chi connectivity index (χ1v) is 9.00. The second-order valence-corrected chi connectivity index (χ2v) is 6.36. The summed E-state index contributed by atoms with van der Waals surface area (Å²) in [5.41, 5.74) is 2.17. The molecule has 2 amide bonds. The number of amides is 2. The lowest BCUT2D eigenvalue weighted by Gasteiger charge is -2.11. The molecule has 6 nitrogen and oxygen atoms in total. The molecule has 0 unspecified atom stereocenters. The van der Waals surface area contributed by atoms with Gasteiger partial charge in [-0.3, -0.25) is 9.59 Å². The van der Waals surface area contributed by atoms with Gasteiger partial charge in [0.25, 0.3) is 0 Å². The quantitative estimate of drug-likeness (QED) is 0.639. The lowest BCUT2D eigenvalue weighted by Crippen LogP contribution is -2.24. The molecule has 2 aromatic carbocycles. The van der Waals surface area contributed by atoms with E-state index in [0.29, 0.717) is 22.9 Å². The van der Waals surface area contributed by atoms with Crippen molar-refractivity contribution >= 4 is 17.5 Å². The van der Waals surface area contributed by atoms with Crippen molar-refractivity contribution in [2.45, 2.75) is 19.9 Å². The van der Waals surface area contributed by atoms with Gasteiger partial charge in [0.1, 0.15) is 11.6 Å². The molecule has 148 valence electrons. The van der Waals surface area contributed by atoms with E-state index in [2.05, 4.69) is 15.6 Å². The number of hydrogen-bond donors (Lipinski definition) is 2. The Labute approximate surface area is 167 Å². The summed E-state index contributed by atoms with van der Waals surface area (Å²) >= 11 is 0. The molecule has 29 heavy (non-hydrogen) atoms. The van der Waals surface area contributed by atoms with Crippen molar-refractivity contribution in [1.29, 1.82) is 0 Å². The second kappa shape index (κ2) is 9.45. The number of ether oxygens (including phenoxy) is 1. The summed E-state index contributed by atoms with van der Waals surface area (Å²) in [5.74, 6) is -0.0903. The number of rotatable bonds is 7. The van der Waals surface area contributed by atoms with Crippen molar-refractivity contribution in [3.63, 3.8) is 0 Å². The summed E-state index contributed by atoms with van der Waals surface area (Å²) < 4.78 is 19.0. The number of anilines is 1. The minimum Gasteiger partial charge on any atom is -0.439 e. The van der Waals surface area contributed by atoms with E-state index >= 15 is 0 Å². The maximum Gasteiger partial charge on any atom is 0.224 e. The van der Waals surface area contributed by atoms with E-state index in [1.54, 1.807) is 54.7 Å².